The molecule has 0 saturated heterocycles. The molecular formula is C35H38F3NO5S2. The lowest BCUT2D eigenvalue weighted by atomic mass is 9.45. The van der Waals surface area contributed by atoms with E-state index in [-0.39, 0.29) is 37.1 Å². The Morgan fingerprint density at radius 3 is 2.43 bits per heavy atom. The van der Waals surface area contributed by atoms with Crippen LogP contribution in [0.1, 0.15) is 38.7 Å². The predicted molar refractivity (Wildman–Crippen MR) is 173 cm³/mol. The molecule has 0 aromatic heterocycles. The van der Waals surface area contributed by atoms with Crippen LogP contribution in [-0.2, 0) is 15.3 Å². The number of ketones is 1. The third kappa shape index (κ3) is 5.41. The number of phenols is 1. The van der Waals surface area contributed by atoms with Crippen LogP contribution in [0.3, 0.4) is 0 Å². The highest BCUT2D eigenvalue weighted by Crippen LogP contribution is 2.70. The monoisotopic (exact) mass is 673 g/mol. The lowest BCUT2D eigenvalue weighted by Gasteiger charge is -2.62. The molecule has 0 bridgehead atoms. The third-order valence-corrected chi connectivity index (χ3v) is 12.9. The molecule has 3 N–H and O–H groups in total. The largest absolute Gasteiger partial charge is 0.508 e. The van der Waals surface area contributed by atoms with E-state index in [0.29, 0.717) is 23.2 Å². The molecular weight excluding hydrogens is 636 g/mol. The zero-order chi connectivity index (χ0) is 33.0. The fourth-order valence-electron chi connectivity index (χ4n) is 8.97. The van der Waals surface area contributed by atoms with Crippen molar-refractivity contribution in [2.45, 2.75) is 61.7 Å². The van der Waals surface area contributed by atoms with Crippen molar-refractivity contribution < 1.29 is 38.2 Å². The molecule has 2 aromatic carbocycles. The molecule has 0 amide bonds. The highest BCUT2D eigenvalue weighted by Gasteiger charge is 2.73. The molecule has 4 aliphatic carbocycles. The van der Waals surface area contributed by atoms with E-state index in [2.05, 4.69) is 0 Å². The summed E-state index contributed by atoms with van der Waals surface area (Å²) in [5.41, 5.74) is -3.27. The summed E-state index contributed by atoms with van der Waals surface area (Å²) in [5, 5.41) is 32.9. The van der Waals surface area contributed by atoms with Crippen molar-refractivity contribution in [3.8, 4) is 5.75 Å². The van der Waals surface area contributed by atoms with E-state index in [1.165, 1.54) is 19.1 Å². The molecule has 3 saturated carbocycles. The SMILES string of the molecule is CC12CC(O)C3(F)C(CC(F)C4=CC(=O)C=CC43C)C1CC(CN(O)c1ccc(CSc3ccc(O)cc3)cc1)C2C(=O)SCF. The van der Waals surface area contributed by atoms with Gasteiger partial charge in [0.1, 0.15) is 17.9 Å². The quantitative estimate of drug-likeness (QED) is 0.200. The van der Waals surface area contributed by atoms with Crippen LogP contribution in [0.2, 0.25) is 0 Å². The number of carbonyl (C=O) groups excluding carboxylic acids is 2. The zero-order valence-electron chi connectivity index (χ0n) is 25.6. The predicted octanol–water partition coefficient (Wildman–Crippen LogP) is 7.23. The van der Waals surface area contributed by atoms with Gasteiger partial charge in [-0.25, -0.2) is 13.2 Å². The molecule has 9 atom stereocenters. The molecule has 0 aliphatic heterocycles. The lowest BCUT2D eigenvalue weighted by Crippen LogP contribution is -2.68. The molecule has 2 aromatic rings. The van der Waals surface area contributed by atoms with Crippen molar-refractivity contribution >= 4 is 40.1 Å². The fraction of sp³-hybridized carbons (Fsp3) is 0.486. The minimum absolute atomic E-state index is 0.00886. The Morgan fingerprint density at radius 1 is 1.07 bits per heavy atom. The Labute approximate surface area is 275 Å². The van der Waals surface area contributed by atoms with Crippen molar-refractivity contribution in [3.05, 3.63) is 77.9 Å². The second-order valence-electron chi connectivity index (χ2n) is 13.5. The van der Waals surface area contributed by atoms with E-state index in [1.54, 1.807) is 36.0 Å². The maximum Gasteiger partial charge on any atom is 0.195 e. The Morgan fingerprint density at radius 2 is 1.76 bits per heavy atom. The van der Waals surface area contributed by atoms with Gasteiger partial charge in [0.25, 0.3) is 0 Å². The van der Waals surface area contributed by atoms with Gasteiger partial charge in [-0.1, -0.05) is 36.9 Å². The van der Waals surface area contributed by atoms with Crippen molar-refractivity contribution in [2.24, 2.45) is 34.5 Å². The number of hydrogen-bond donors (Lipinski definition) is 3. The molecule has 0 heterocycles. The number of benzene rings is 2. The summed E-state index contributed by atoms with van der Waals surface area (Å²) in [6.07, 6.45) is 0.540. The van der Waals surface area contributed by atoms with Crippen LogP contribution < -0.4 is 5.06 Å². The number of allylic oxidation sites excluding steroid dienone is 4. The molecule has 6 nitrogen and oxygen atoms in total. The molecule has 46 heavy (non-hydrogen) atoms. The van der Waals surface area contributed by atoms with E-state index in [4.69, 9.17) is 0 Å². The van der Waals surface area contributed by atoms with Crippen molar-refractivity contribution in [3.63, 3.8) is 0 Å². The van der Waals surface area contributed by atoms with Crippen molar-refractivity contribution in [2.75, 3.05) is 17.6 Å². The molecule has 0 spiro atoms. The average Bonchev–Trinajstić information content (AvgIpc) is 3.30. The zero-order valence-corrected chi connectivity index (χ0v) is 27.2. The number of nitrogens with zero attached hydrogens (tertiary/aromatic N) is 1. The number of hydroxylamine groups is 1. The summed E-state index contributed by atoms with van der Waals surface area (Å²) < 4.78 is 46.9. The van der Waals surface area contributed by atoms with Crippen molar-refractivity contribution in [1.82, 2.24) is 0 Å². The highest BCUT2D eigenvalue weighted by molar-refractivity contribution is 8.13. The summed E-state index contributed by atoms with van der Waals surface area (Å²) in [6.45, 7) is 3.35. The van der Waals surface area contributed by atoms with Gasteiger partial charge in [0, 0.05) is 34.4 Å². The average molecular weight is 674 g/mol. The lowest BCUT2D eigenvalue weighted by molar-refractivity contribution is -0.201. The molecule has 0 radical (unpaired) electrons. The first-order valence-corrected chi connectivity index (χ1v) is 17.4. The number of halogens is 3. The second kappa shape index (κ2) is 12.4. The first-order chi connectivity index (χ1) is 21.8. The van der Waals surface area contributed by atoms with Gasteiger partial charge in [-0.2, -0.15) is 0 Å². The van der Waals surface area contributed by atoms with E-state index in [1.807, 2.05) is 31.2 Å². The van der Waals surface area contributed by atoms with Crippen LogP contribution in [0.5, 0.6) is 5.75 Å². The summed E-state index contributed by atoms with van der Waals surface area (Å²) in [5.74, 6) is -2.38. The van der Waals surface area contributed by atoms with Gasteiger partial charge >= 0.3 is 0 Å². The molecule has 4 aliphatic rings. The molecule has 246 valence electrons. The van der Waals surface area contributed by atoms with E-state index in [9.17, 15) is 29.4 Å². The third-order valence-electron chi connectivity index (χ3n) is 11.1. The number of alkyl halides is 3. The Hall–Kier alpha value is -2.73. The molecule has 11 heteroatoms. The van der Waals surface area contributed by atoms with Gasteiger partial charge in [0.15, 0.2) is 16.6 Å². The smallest absolute Gasteiger partial charge is 0.195 e. The van der Waals surface area contributed by atoms with Crippen molar-refractivity contribution in [1.29, 1.82) is 0 Å². The number of carbonyl (C=O) groups is 2. The topological polar surface area (TPSA) is 98.1 Å². The van der Waals surface area contributed by atoms with Crippen LogP contribution >= 0.6 is 23.5 Å². The summed E-state index contributed by atoms with van der Waals surface area (Å²) >= 11 is 2.13. The van der Waals surface area contributed by atoms with Crippen LogP contribution in [0.4, 0.5) is 18.9 Å². The number of aromatic hydroxyl groups is 1. The standard InChI is InChI=1S/C35H38F3NO5S2/c1-33-16-30(42)35(38)27(15-29(37)28-14-24(41)11-12-34(28,35)2)26(33)13-21(31(33)32(43)46-19-36)17-39(44)22-5-3-20(4-6-22)18-45-25-9-7-23(40)8-10-25/h3-12,14,21,26-27,29-31,40,42,44H,13,15-19H2,1-2H3. The number of rotatable bonds is 8. The number of anilines is 1. The number of phenolic OH excluding ortho intramolecular Hbond substituents is 1. The summed E-state index contributed by atoms with van der Waals surface area (Å²) in [7, 11) is 0. The summed E-state index contributed by atoms with van der Waals surface area (Å²) in [4.78, 5) is 26.6. The molecule has 3 fully saturated rings. The van der Waals surface area contributed by atoms with Crippen LogP contribution in [0.25, 0.3) is 0 Å². The van der Waals surface area contributed by atoms with Gasteiger partial charge < -0.3 is 10.2 Å². The number of aliphatic hydroxyl groups excluding tert-OH is 1. The highest BCUT2D eigenvalue weighted by atomic mass is 32.2. The Kier molecular flexibility index (Phi) is 8.93. The van der Waals surface area contributed by atoms with E-state index < -0.39 is 69.4 Å². The van der Waals surface area contributed by atoms with Crippen LogP contribution in [0.15, 0.2) is 77.2 Å². The fourth-order valence-corrected chi connectivity index (χ4v) is 10.6. The maximum atomic E-state index is 17.6. The van der Waals surface area contributed by atoms with Crippen LogP contribution in [0, 0.1) is 34.5 Å². The first-order valence-electron chi connectivity index (χ1n) is 15.5. The minimum Gasteiger partial charge on any atom is -0.508 e. The van der Waals surface area contributed by atoms with E-state index in [0.717, 1.165) is 21.6 Å². The summed E-state index contributed by atoms with van der Waals surface area (Å²) in [6, 6.07) is 13.3. The number of aliphatic hydroxyl groups is 1. The number of hydrogen-bond acceptors (Lipinski definition) is 8. The Balaban J connectivity index is 1.25. The normalized spacial score (nSPS) is 36.4. The van der Waals surface area contributed by atoms with Crippen LogP contribution in [-0.4, -0.2) is 56.8 Å². The Bertz CT molecular complexity index is 1550. The second-order valence-corrected chi connectivity index (χ2v) is 15.5. The first kappa shape index (κ1) is 33.2. The van der Waals surface area contributed by atoms with Gasteiger partial charge in [0.05, 0.1) is 11.8 Å². The minimum atomic E-state index is -2.29. The number of fused-ring (bicyclic) bond motifs is 5. The van der Waals surface area contributed by atoms with Gasteiger partial charge in [-0.15, -0.1) is 11.8 Å². The molecule has 6 rings (SSSR count). The van der Waals surface area contributed by atoms with Gasteiger partial charge in [-0.05, 0) is 103 Å². The van der Waals surface area contributed by atoms with E-state index >= 15 is 8.78 Å². The number of thioether (sulfide) groups is 2. The van der Waals surface area contributed by atoms with Gasteiger partial charge in [0.2, 0.25) is 0 Å². The molecule has 9 unspecified atom stereocenters. The van der Waals surface area contributed by atoms with Gasteiger partial charge in [-0.3, -0.25) is 19.9 Å². The maximum absolute atomic E-state index is 17.6.